The molecule has 4 heteroatoms. The lowest BCUT2D eigenvalue weighted by molar-refractivity contribution is -0.0230. The number of hydrogen-bond acceptors (Lipinski definition) is 1. The highest BCUT2D eigenvalue weighted by atomic mass is 35.5. The van der Waals surface area contributed by atoms with E-state index in [-0.39, 0.29) is 20.4 Å². The minimum atomic E-state index is -0.881. The van der Waals surface area contributed by atoms with Crippen molar-refractivity contribution in [2.24, 2.45) is 29.6 Å². The van der Waals surface area contributed by atoms with Crippen LogP contribution in [0.4, 0.5) is 4.39 Å². The van der Waals surface area contributed by atoms with Crippen LogP contribution in [0.2, 0.25) is 0 Å². The largest absolute Gasteiger partial charge is 0.412 e. The van der Waals surface area contributed by atoms with Gasteiger partial charge in [-0.1, -0.05) is 32.6 Å². The predicted octanol–water partition coefficient (Wildman–Crippen LogP) is 6.83. The number of ether oxygens (including phenoxy) is 1. The highest BCUT2D eigenvalue weighted by Crippen LogP contribution is 2.47. The van der Waals surface area contributed by atoms with E-state index in [9.17, 15) is 4.39 Å². The lowest BCUT2D eigenvalue weighted by atomic mass is 9.65. The normalized spacial score (nSPS) is 43.1. The summed E-state index contributed by atoms with van der Waals surface area (Å²) < 4.78 is 20.6. The average molecular weight is 409 g/mol. The summed E-state index contributed by atoms with van der Waals surface area (Å²) in [4.78, 5) is 0. The van der Waals surface area contributed by atoms with Crippen LogP contribution in [0, 0.1) is 29.6 Å². The molecule has 0 radical (unpaired) electrons. The smallest absolute Gasteiger partial charge is 0.122 e. The molecule has 2 nitrogen and oxygen atoms in total. The van der Waals surface area contributed by atoms with Gasteiger partial charge >= 0.3 is 0 Å². The van der Waals surface area contributed by atoms with E-state index < -0.39 is 11.5 Å². The Labute approximate surface area is 174 Å². The van der Waals surface area contributed by atoms with Crippen LogP contribution in [0.25, 0.3) is 0 Å². The van der Waals surface area contributed by atoms with Gasteiger partial charge in [0.1, 0.15) is 6.17 Å². The van der Waals surface area contributed by atoms with Crippen molar-refractivity contribution >= 4 is 11.6 Å². The average Bonchev–Trinajstić information content (AvgIpc) is 2.67. The second-order valence-electron chi connectivity index (χ2n) is 9.37. The lowest BCUT2D eigenvalue weighted by Crippen LogP contribution is -2.45. The van der Waals surface area contributed by atoms with Crippen LogP contribution in [0.15, 0.2) is 0 Å². The summed E-state index contributed by atoms with van der Waals surface area (Å²) in [7, 11) is 0. The third kappa shape index (κ3) is 5.82. The summed E-state index contributed by atoms with van der Waals surface area (Å²) in [6, 6.07) is 0. The molecule has 3 aliphatic carbocycles. The molecule has 2 N–H and O–H groups in total. The summed E-state index contributed by atoms with van der Waals surface area (Å²) in [5.74, 6) is 3.61. The third-order valence-corrected chi connectivity index (χ3v) is 8.43. The molecule has 4 atom stereocenters. The molecule has 0 aromatic carbocycles. The van der Waals surface area contributed by atoms with Crippen LogP contribution in [0.5, 0.6) is 0 Å². The van der Waals surface area contributed by atoms with Gasteiger partial charge in [-0.2, -0.15) is 0 Å². The van der Waals surface area contributed by atoms with Crippen molar-refractivity contribution < 1.29 is 17.5 Å². The second-order valence-corrected chi connectivity index (χ2v) is 9.87. The lowest BCUT2D eigenvalue weighted by Gasteiger charge is -2.43. The number of alkyl halides is 2. The summed E-state index contributed by atoms with van der Waals surface area (Å²) in [5.41, 5.74) is 0. The molecular formula is C23H46ClFO2. The fourth-order valence-corrected chi connectivity index (χ4v) is 6.79. The first-order valence-electron chi connectivity index (χ1n) is 11.5. The van der Waals surface area contributed by atoms with Crippen LogP contribution in [0.3, 0.4) is 0 Å². The molecule has 3 aliphatic rings. The molecule has 3 fully saturated rings. The zero-order chi connectivity index (χ0) is 18.5. The van der Waals surface area contributed by atoms with Crippen LogP contribution in [-0.2, 0) is 4.74 Å². The van der Waals surface area contributed by atoms with Gasteiger partial charge in [0.05, 0.1) is 11.5 Å². The Morgan fingerprint density at radius 2 is 1.41 bits per heavy atom. The van der Waals surface area contributed by atoms with Gasteiger partial charge < -0.3 is 10.2 Å². The van der Waals surface area contributed by atoms with Gasteiger partial charge in [0, 0.05) is 9.46 Å². The fraction of sp³-hybridized carbons (Fsp3) is 1.00. The van der Waals surface area contributed by atoms with Crippen molar-refractivity contribution in [3.8, 4) is 0 Å². The number of hydrogen-bond donors (Lipinski definition) is 0. The third-order valence-electron chi connectivity index (χ3n) is 7.91. The molecule has 164 valence electrons. The van der Waals surface area contributed by atoms with Crippen molar-refractivity contribution in [1.82, 2.24) is 0 Å². The first-order valence-corrected chi connectivity index (χ1v) is 12.0. The quantitative estimate of drug-likeness (QED) is 0.444. The van der Waals surface area contributed by atoms with Gasteiger partial charge in [-0.15, -0.1) is 11.6 Å². The molecule has 3 rings (SSSR count). The van der Waals surface area contributed by atoms with Crippen molar-refractivity contribution in [3.05, 3.63) is 0 Å². The summed E-state index contributed by atoms with van der Waals surface area (Å²) in [5, 5.41) is -0.444. The van der Waals surface area contributed by atoms with Crippen LogP contribution < -0.4 is 0 Å². The van der Waals surface area contributed by atoms with E-state index in [4.69, 9.17) is 16.3 Å². The Morgan fingerprint density at radius 1 is 0.852 bits per heavy atom. The summed E-state index contributed by atoms with van der Waals surface area (Å²) >= 11 is 6.42. The molecule has 0 heterocycles. The Balaban J connectivity index is 0.00000261. The standard InChI is InChI=1S/C23H40ClFO.H2O.2H2/c1-3-5-16-6-8-17(9-7-16)18-10-12-19(13-11-18)20-14-15-21(26-4-2)22(24)23(20)25;;;/h16-23H,3-15H2,1-2H3;1H2;2*1H. The SMILES string of the molecule is CCCC1CCC(C2CCC(C3CCC(OCC)C(Cl)C3F)CC2)CC1.O.[HH].[HH]. The molecule has 0 saturated heterocycles. The van der Waals surface area contributed by atoms with E-state index in [1.54, 1.807) is 0 Å². The van der Waals surface area contributed by atoms with Crippen LogP contribution >= 0.6 is 11.6 Å². The van der Waals surface area contributed by atoms with Gasteiger partial charge in [-0.25, -0.2) is 4.39 Å². The van der Waals surface area contributed by atoms with E-state index in [0.29, 0.717) is 12.5 Å². The highest BCUT2D eigenvalue weighted by molar-refractivity contribution is 6.21. The van der Waals surface area contributed by atoms with Gasteiger partial charge in [-0.3, -0.25) is 0 Å². The molecular weight excluding hydrogens is 363 g/mol. The van der Waals surface area contributed by atoms with Crippen LogP contribution in [0.1, 0.15) is 93.8 Å². The van der Waals surface area contributed by atoms with Gasteiger partial charge in [-0.05, 0) is 87.9 Å². The molecule has 0 aliphatic heterocycles. The van der Waals surface area contributed by atoms with E-state index in [0.717, 1.165) is 30.6 Å². The van der Waals surface area contributed by atoms with Gasteiger partial charge in [0.15, 0.2) is 0 Å². The number of rotatable bonds is 6. The first kappa shape index (κ1) is 23.4. The minimum absolute atomic E-state index is 0. The van der Waals surface area contributed by atoms with E-state index >= 15 is 0 Å². The Kier molecular flexibility index (Phi) is 9.85. The van der Waals surface area contributed by atoms with E-state index in [2.05, 4.69) is 6.92 Å². The maximum Gasteiger partial charge on any atom is 0.122 e. The Hall–Kier alpha value is 0.140. The molecule has 27 heavy (non-hydrogen) atoms. The first-order chi connectivity index (χ1) is 12.6. The predicted molar refractivity (Wildman–Crippen MR) is 116 cm³/mol. The molecule has 0 aromatic rings. The molecule has 0 spiro atoms. The van der Waals surface area contributed by atoms with Crippen molar-refractivity contribution in [2.75, 3.05) is 6.61 Å². The highest BCUT2D eigenvalue weighted by Gasteiger charge is 2.43. The second kappa shape index (κ2) is 11.4. The summed E-state index contributed by atoms with van der Waals surface area (Å²) in [6.07, 6.45) is 14.7. The zero-order valence-corrected chi connectivity index (χ0v) is 18.2. The minimum Gasteiger partial charge on any atom is -0.412 e. The monoisotopic (exact) mass is 408 g/mol. The molecule has 0 aromatic heterocycles. The van der Waals surface area contributed by atoms with Crippen LogP contribution in [-0.4, -0.2) is 29.7 Å². The Bertz CT molecular complexity index is 416. The van der Waals surface area contributed by atoms with E-state index in [1.807, 2.05) is 6.92 Å². The maximum atomic E-state index is 15.0. The number of halogens is 2. The Morgan fingerprint density at radius 3 is 1.96 bits per heavy atom. The van der Waals surface area contributed by atoms with Gasteiger partial charge in [0.25, 0.3) is 0 Å². The molecule has 0 bridgehead atoms. The van der Waals surface area contributed by atoms with E-state index in [1.165, 1.54) is 64.2 Å². The summed E-state index contributed by atoms with van der Waals surface area (Å²) in [6.45, 7) is 4.93. The zero-order valence-electron chi connectivity index (χ0n) is 17.5. The molecule has 3 saturated carbocycles. The topological polar surface area (TPSA) is 40.7 Å². The van der Waals surface area contributed by atoms with Crippen molar-refractivity contribution in [2.45, 2.75) is 109 Å². The molecule has 4 unspecified atom stereocenters. The van der Waals surface area contributed by atoms with Gasteiger partial charge in [0.2, 0.25) is 0 Å². The van der Waals surface area contributed by atoms with Crippen molar-refractivity contribution in [3.63, 3.8) is 0 Å². The molecule has 0 amide bonds. The maximum absolute atomic E-state index is 15.0. The fourth-order valence-electron chi connectivity index (χ4n) is 6.40. The van der Waals surface area contributed by atoms with Crippen molar-refractivity contribution in [1.29, 1.82) is 0 Å².